The van der Waals surface area contributed by atoms with E-state index in [1.165, 1.54) is 0 Å². The lowest BCUT2D eigenvalue weighted by Gasteiger charge is -2.41. The molecule has 2 nitrogen and oxygen atoms in total. The molecular formula is C9H21NO. The van der Waals surface area contributed by atoms with E-state index in [-0.39, 0.29) is 5.41 Å². The van der Waals surface area contributed by atoms with Crippen LogP contribution in [0.25, 0.3) is 0 Å². The highest BCUT2D eigenvalue weighted by Crippen LogP contribution is 2.35. The maximum atomic E-state index is 10.1. The molecule has 0 saturated heterocycles. The molecule has 0 aromatic heterocycles. The van der Waals surface area contributed by atoms with Crippen molar-refractivity contribution in [3.63, 3.8) is 0 Å². The van der Waals surface area contributed by atoms with Crippen LogP contribution in [0.1, 0.15) is 40.5 Å². The lowest BCUT2D eigenvalue weighted by atomic mass is 9.72. The van der Waals surface area contributed by atoms with Gasteiger partial charge in [0, 0.05) is 12.0 Å². The molecule has 0 fully saturated rings. The fourth-order valence-electron chi connectivity index (χ4n) is 1.40. The monoisotopic (exact) mass is 159 g/mol. The van der Waals surface area contributed by atoms with Gasteiger partial charge in [-0.25, -0.2) is 0 Å². The Balaban J connectivity index is 4.47. The quantitative estimate of drug-likeness (QED) is 0.653. The van der Waals surface area contributed by atoms with Gasteiger partial charge in [-0.2, -0.15) is 0 Å². The van der Waals surface area contributed by atoms with Crippen LogP contribution in [-0.4, -0.2) is 17.3 Å². The third-order valence-corrected chi connectivity index (χ3v) is 2.94. The highest BCUT2D eigenvalue weighted by atomic mass is 16.3. The number of hydrogen-bond donors (Lipinski definition) is 2. The first-order valence-electron chi connectivity index (χ1n) is 4.36. The zero-order chi connectivity index (χ0) is 9.12. The number of hydrogen-bond acceptors (Lipinski definition) is 2. The minimum absolute atomic E-state index is 0.170. The van der Waals surface area contributed by atoms with Crippen molar-refractivity contribution in [2.75, 3.05) is 6.54 Å². The van der Waals surface area contributed by atoms with Crippen LogP contribution in [0, 0.1) is 5.41 Å². The van der Waals surface area contributed by atoms with Gasteiger partial charge in [0.2, 0.25) is 0 Å². The summed E-state index contributed by atoms with van der Waals surface area (Å²) >= 11 is 0. The summed E-state index contributed by atoms with van der Waals surface area (Å²) in [5, 5.41) is 10.1. The van der Waals surface area contributed by atoms with Crippen LogP contribution in [0.4, 0.5) is 0 Å². The minimum Gasteiger partial charge on any atom is -0.389 e. The van der Waals surface area contributed by atoms with E-state index in [2.05, 4.69) is 0 Å². The molecule has 0 heterocycles. The molecule has 0 bridgehead atoms. The molecule has 0 amide bonds. The average Bonchev–Trinajstić information content (AvgIpc) is 2.02. The van der Waals surface area contributed by atoms with Crippen molar-refractivity contribution in [3.05, 3.63) is 0 Å². The first-order chi connectivity index (χ1) is 4.93. The third kappa shape index (κ3) is 1.94. The summed E-state index contributed by atoms with van der Waals surface area (Å²) in [5.41, 5.74) is 4.82. The molecule has 0 atom stereocenters. The highest BCUT2D eigenvalue weighted by molar-refractivity contribution is 4.91. The van der Waals surface area contributed by atoms with Gasteiger partial charge in [-0.15, -0.1) is 0 Å². The summed E-state index contributed by atoms with van der Waals surface area (Å²) < 4.78 is 0. The van der Waals surface area contributed by atoms with Gasteiger partial charge in [-0.05, 0) is 12.8 Å². The molecule has 0 aromatic carbocycles. The lowest BCUT2D eigenvalue weighted by Crippen LogP contribution is -2.48. The van der Waals surface area contributed by atoms with Crippen LogP contribution in [0.15, 0.2) is 0 Å². The van der Waals surface area contributed by atoms with E-state index >= 15 is 0 Å². The van der Waals surface area contributed by atoms with Crippen molar-refractivity contribution in [2.45, 2.75) is 46.1 Å². The normalized spacial score (nSPS) is 13.6. The first-order valence-corrected chi connectivity index (χ1v) is 4.36. The second kappa shape index (κ2) is 3.55. The Labute approximate surface area is 69.8 Å². The van der Waals surface area contributed by atoms with E-state index in [0.29, 0.717) is 6.54 Å². The molecular weight excluding hydrogens is 138 g/mol. The van der Waals surface area contributed by atoms with Crippen LogP contribution in [0.5, 0.6) is 0 Å². The Morgan fingerprint density at radius 2 is 1.55 bits per heavy atom. The molecule has 3 N–H and O–H groups in total. The van der Waals surface area contributed by atoms with E-state index in [9.17, 15) is 5.11 Å². The molecule has 0 unspecified atom stereocenters. The van der Waals surface area contributed by atoms with E-state index in [0.717, 1.165) is 12.8 Å². The molecule has 0 aliphatic rings. The van der Waals surface area contributed by atoms with Gasteiger partial charge < -0.3 is 10.8 Å². The Morgan fingerprint density at radius 1 is 1.18 bits per heavy atom. The standard InChI is InChI=1S/C9H21NO/c1-5-9(11,6-2)8(3,4)7-10/h11H,5-7,10H2,1-4H3. The molecule has 0 aromatic rings. The van der Waals surface area contributed by atoms with Gasteiger partial charge >= 0.3 is 0 Å². The maximum Gasteiger partial charge on any atom is 0.0705 e. The molecule has 0 aliphatic heterocycles. The molecule has 68 valence electrons. The highest BCUT2D eigenvalue weighted by Gasteiger charge is 2.38. The van der Waals surface area contributed by atoms with Crippen LogP contribution in [-0.2, 0) is 0 Å². The summed E-state index contributed by atoms with van der Waals surface area (Å²) in [4.78, 5) is 0. The first kappa shape index (κ1) is 10.9. The van der Waals surface area contributed by atoms with E-state index in [1.54, 1.807) is 0 Å². The predicted molar refractivity (Wildman–Crippen MR) is 48.4 cm³/mol. The van der Waals surface area contributed by atoms with Gasteiger partial charge in [0.05, 0.1) is 5.60 Å². The van der Waals surface area contributed by atoms with Crippen molar-refractivity contribution in [2.24, 2.45) is 11.1 Å². The van der Waals surface area contributed by atoms with E-state index in [1.807, 2.05) is 27.7 Å². The van der Waals surface area contributed by atoms with E-state index in [4.69, 9.17) is 5.73 Å². The van der Waals surface area contributed by atoms with Gasteiger partial charge in [0.15, 0.2) is 0 Å². The summed E-state index contributed by atoms with van der Waals surface area (Å²) in [5.74, 6) is 0. The van der Waals surface area contributed by atoms with Crippen LogP contribution >= 0.6 is 0 Å². The number of aliphatic hydroxyl groups is 1. The second-order valence-electron chi connectivity index (χ2n) is 3.83. The summed E-state index contributed by atoms with van der Waals surface area (Å²) in [6, 6.07) is 0. The number of rotatable bonds is 4. The fraction of sp³-hybridized carbons (Fsp3) is 1.00. The van der Waals surface area contributed by atoms with Crippen molar-refractivity contribution < 1.29 is 5.11 Å². The molecule has 11 heavy (non-hydrogen) atoms. The molecule has 0 spiro atoms. The largest absolute Gasteiger partial charge is 0.389 e. The maximum absolute atomic E-state index is 10.1. The molecule has 0 rings (SSSR count). The fourth-order valence-corrected chi connectivity index (χ4v) is 1.40. The van der Waals surface area contributed by atoms with E-state index < -0.39 is 5.60 Å². The smallest absolute Gasteiger partial charge is 0.0705 e. The zero-order valence-corrected chi connectivity index (χ0v) is 8.15. The molecule has 0 saturated carbocycles. The lowest BCUT2D eigenvalue weighted by molar-refractivity contribution is -0.0683. The van der Waals surface area contributed by atoms with Gasteiger partial charge in [0.25, 0.3) is 0 Å². The average molecular weight is 159 g/mol. The molecule has 2 heteroatoms. The van der Waals surface area contributed by atoms with Gasteiger partial charge in [-0.1, -0.05) is 27.7 Å². The molecule has 0 aliphatic carbocycles. The Bertz CT molecular complexity index is 117. The van der Waals surface area contributed by atoms with Crippen LogP contribution in [0.3, 0.4) is 0 Å². The SMILES string of the molecule is CCC(O)(CC)C(C)(C)CN. The zero-order valence-electron chi connectivity index (χ0n) is 8.15. The predicted octanol–water partition coefficient (Wildman–Crippen LogP) is 1.52. The third-order valence-electron chi connectivity index (χ3n) is 2.94. The Hall–Kier alpha value is -0.0800. The molecule has 0 radical (unpaired) electrons. The second-order valence-corrected chi connectivity index (χ2v) is 3.83. The Morgan fingerprint density at radius 3 is 1.64 bits per heavy atom. The van der Waals surface area contributed by atoms with Crippen molar-refractivity contribution in [3.8, 4) is 0 Å². The summed E-state index contributed by atoms with van der Waals surface area (Å²) in [7, 11) is 0. The topological polar surface area (TPSA) is 46.2 Å². The van der Waals surface area contributed by atoms with Crippen molar-refractivity contribution >= 4 is 0 Å². The van der Waals surface area contributed by atoms with Gasteiger partial charge in [0.1, 0.15) is 0 Å². The summed E-state index contributed by atoms with van der Waals surface area (Å²) in [6.45, 7) is 8.56. The van der Waals surface area contributed by atoms with Crippen LogP contribution < -0.4 is 5.73 Å². The summed E-state index contributed by atoms with van der Waals surface area (Å²) in [6.07, 6.45) is 1.54. The Kier molecular flexibility index (Phi) is 3.52. The van der Waals surface area contributed by atoms with Crippen molar-refractivity contribution in [1.29, 1.82) is 0 Å². The minimum atomic E-state index is -0.595. The van der Waals surface area contributed by atoms with Crippen molar-refractivity contribution in [1.82, 2.24) is 0 Å². The van der Waals surface area contributed by atoms with Gasteiger partial charge in [-0.3, -0.25) is 0 Å². The number of nitrogens with two attached hydrogens (primary N) is 1. The van der Waals surface area contributed by atoms with Crippen LogP contribution in [0.2, 0.25) is 0 Å².